The summed E-state index contributed by atoms with van der Waals surface area (Å²) >= 11 is 0. The van der Waals surface area contributed by atoms with Gasteiger partial charge in [-0.05, 0) is 37.3 Å². The summed E-state index contributed by atoms with van der Waals surface area (Å²) in [5, 5.41) is 12.9. The van der Waals surface area contributed by atoms with E-state index in [1.807, 2.05) is 0 Å². The monoisotopic (exact) mass is 346 g/mol. The molecule has 0 saturated heterocycles. The number of carbonyl (C=O) groups is 1. The van der Waals surface area contributed by atoms with Gasteiger partial charge >= 0.3 is 0 Å². The Kier molecular flexibility index (Phi) is 6.59. The molecule has 134 valence electrons. The van der Waals surface area contributed by atoms with Crippen molar-refractivity contribution >= 4 is 5.91 Å². The molecule has 0 unspecified atom stereocenters. The van der Waals surface area contributed by atoms with E-state index in [4.69, 9.17) is 14.2 Å². The molecule has 0 saturated carbocycles. The molecule has 2 aromatic rings. The van der Waals surface area contributed by atoms with Crippen molar-refractivity contribution in [3.05, 3.63) is 47.7 Å². The number of rotatable bonds is 8. The maximum absolute atomic E-state index is 12.6. The van der Waals surface area contributed by atoms with Crippen LogP contribution in [0.4, 0.5) is 0 Å². The maximum atomic E-state index is 12.6. The number of nitrogens with zero attached hydrogens (tertiary/aromatic N) is 1. The summed E-state index contributed by atoms with van der Waals surface area (Å²) in [7, 11) is 3.11. The van der Waals surface area contributed by atoms with Crippen molar-refractivity contribution < 1.29 is 24.1 Å². The molecule has 0 fully saturated rings. The summed E-state index contributed by atoms with van der Waals surface area (Å²) in [6, 6.07) is 7.71. The van der Waals surface area contributed by atoms with Crippen LogP contribution in [0.25, 0.3) is 0 Å². The first-order chi connectivity index (χ1) is 12.1. The van der Waals surface area contributed by atoms with Crippen LogP contribution in [0, 0.1) is 0 Å². The highest BCUT2D eigenvalue weighted by atomic mass is 16.5. The van der Waals surface area contributed by atoms with E-state index in [0.29, 0.717) is 30.1 Å². The highest BCUT2D eigenvalue weighted by Crippen LogP contribution is 2.28. The molecule has 1 amide bonds. The second kappa shape index (κ2) is 8.89. The fourth-order valence-electron chi connectivity index (χ4n) is 2.26. The van der Waals surface area contributed by atoms with Crippen molar-refractivity contribution in [1.82, 2.24) is 10.3 Å². The number of methoxy groups -OCH3 is 2. The number of nitrogens with one attached hydrogen (secondary N) is 1. The van der Waals surface area contributed by atoms with Gasteiger partial charge in [0.2, 0.25) is 5.88 Å². The fraction of sp³-hybridized carbons (Fsp3) is 0.333. The molecule has 7 heteroatoms. The standard InChI is InChI=1S/C18H22N2O5/c1-12(15-11-13(24-3)6-7-16(15)21)20-17(22)14-5-4-8-19-18(14)25-10-9-23-2/h4-8,11-12,21H,9-10H2,1-3H3,(H,20,22)/t12-/m0/s1. The minimum Gasteiger partial charge on any atom is -0.508 e. The van der Waals surface area contributed by atoms with Crippen LogP contribution in [0.5, 0.6) is 17.4 Å². The summed E-state index contributed by atoms with van der Waals surface area (Å²) in [5.41, 5.74) is 0.867. The van der Waals surface area contributed by atoms with Gasteiger partial charge in [-0.2, -0.15) is 0 Å². The van der Waals surface area contributed by atoms with Gasteiger partial charge in [0.05, 0.1) is 19.8 Å². The molecule has 0 bridgehead atoms. The third-order valence-electron chi connectivity index (χ3n) is 3.59. The third kappa shape index (κ3) is 4.84. The lowest BCUT2D eigenvalue weighted by atomic mass is 10.1. The number of aromatic nitrogens is 1. The van der Waals surface area contributed by atoms with Crippen LogP contribution in [0.1, 0.15) is 28.9 Å². The van der Waals surface area contributed by atoms with E-state index in [0.717, 1.165) is 0 Å². The van der Waals surface area contributed by atoms with E-state index in [-0.39, 0.29) is 17.5 Å². The van der Waals surface area contributed by atoms with Crippen LogP contribution < -0.4 is 14.8 Å². The first-order valence-electron chi connectivity index (χ1n) is 7.81. The Balaban J connectivity index is 2.14. The van der Waals surface area contributed by atoms with Gasteiger partial charge in [-0.25, -0.2) is 4.98 Å². The number of hydrogen-bond acceptors (Lipinski definition) is 6. The lowest BCUT2D eigenvalue weighted by Crippen LogP contribution is -2.27. The van der Waals surface area contributed by atoms with Crippen LogP contribution in [0.15, 0.2) is 36.5 Å². The molecule has 0 aliphatic rings. The van der Waals surface area contributed by atoms with Crippen molar-refractivity contribution in [2.45, 2.75) is 13.0 Å². The summed E-state index contributed by atoms with van der Waals surface area (Å²) in [4.78, 5) is 16.7. The molecule has 7 nitrogen and oxygen atoms in total. The molecule has 1 aromatic heterocycles. The minimum atomic E-state index is -0.436. The lowest BCUT2D eigenvalue weighted by molar-refractivity contribution is 0.0930. The Morgan fingerprint density at radius 3 is 2.80 bits per heavy atom. The van der Waals surface area contributed by atoms with Crippen LogP contribution >= 0.6 is 0 Å². The molecule has 0 radical (unpaired) electrons. The normalized spacial score (nSPS) is 11.6. The van der Waals surface area contributed by atoms with Gasteiger partial charge in [0.1, 0.15) is 23.7 Å². The summed E-state index contributed by atoms with van der Waals surface area (Å²) in [6.45, 7) is 2.46. The largest absolute Gasteiger partial charge is 0.508 e. The minimum absolute atomic E-state index is 0.0800. The van der Waals surface area contributed by atoms with Crippen LogP contribution in [0.2, 0.25) is 0 Å². The van der Waals surface area contributed by atoms with Crippen LogP contribution in [-0.4, -0.2) is 43.4 Å². The van der Waals surface area contributed by atoms with Crippen molar-refractivity contribution in [3.8, 4) is 17.4 Å². The molecule has 1 heterocycles. The highest BCUT2D eigenvalue weighted by molar-refractivity contribution is 5.96. The van der Waals surface area contributed by atoms with E-state index in [1.54, 1.807) is 51.6 Å². The lowest BCUT2D eigenvalue weighted by Gasteiger charge is -2.17. The topological polar surface area (TPSA) is 89.9 Å². The van der Waals surface area contributed by atoms with E-state index < -0.39 is 6.04 Å². The molecule has 0 aliphatic heterocycles. The third-order valence-corrected chi connectivity index (χ3v) is 3.59. The molecule has 2 N–H and O–H groups in total. The average Bonchev–Trinajstić information content (AvgIpc) is 2.62. The average molecular weight is 346 g/mol. The number of benzene rings is 1. The number of pyridine rings is 1. The Labute approximate surface area is 146 Å². The van der Waals surface area contributed by atoms with Crippen molar-refractivity contribution in [2.24, 2.45) is 0 Å². The molecular weight excluding hydrogens is 324 g/mol. The number of ether oxygens (including phenoxy) is 3. The molecule has 2 rings (SSSR count). The van der Waals surface area contributed by atoms with Crippen molar-refractivity contribution in [3.63, 3.8) is 0 Å². The van der Waals surface area contributed by atoms with E-state index in [2.05, 4.69) is 10.3 Å². The van der Waals surface area contributed by atoms with Crippen LogP contribution in [-0.2, 0) is 4.74 Å². The van der Waals surface area contributed by atoms with Gasteiger partial charge in [-0.15, -0.1) is 0 Å². The van der Waals surface area contributed by atoms with E-state index in [1.165, 1.54) is 6.07 Å². The summed E-state index contributed by atoms with van der Waals surface area (Å²) in [5.74, 6) is 0.560. The molecule has 0 spiro atoms. The first kappa shape index (κ1) is 18.5. The second-order valence-corrected chi connectivity index (χ2v) is 5.32. The Morgan fingerprint density at radius 1 is 1.28 bits per heavy atom. The van der Waals surface area contributed by atoms with E-state index >= 15 is 0 Å². The van der Waals surface area contributed by atoms with Gasteiger partial charge < -0.3 is 24.6 Å². The van der Waals surface area contributed by atoms with Crippen LogP contribution in [0.3, 0.4) is 0 Å². The Hall–Kier alpha value is -2.80. The number of carbonyl (C=O) groups excluding carboxylic acids is 1. The van der Waals surface area contributed by atoms with Gasteiger partial charge in [0, 0.05) is 18.9 Å². The van der Waals surface area contributed by atoms with Gasteiger partial charge in [-0.1, -0.05) is 0 Å². The predicted octanol–water partition coefficient (Wildman–Crippen LogP) is 2.31. The zero-order valence-corrected chi connectivity index (χ0v) is 14.5. The molecule has 0 aliphatic carbocycles. The van der Waals surface area contributed by atoms with Gasteiger partial charge in [0.25, 0.3) is 5.91 Å². The number of phenolic OH excluding ortho intramolecular Hbond substituents is 1. The fourth-order valence-corrected chi connectivity index (χ4v) is 2.26. The maximum Gasteiger partial charge on any atom is 0.257 e. The van der Waals surface area contributed by atoms with Crippen molar-refractivity contribution in [1.29, 1.82) is 0 Å². The second-order valence-electron chi connectivity index (χ2n) is 5.32. The van der Waals surface area contributed by atoms with E-state index in [9.17, 15) is 9.90 Å². The van der Waals surface area contributed by atoms with Gasteiger partial charge in [-0.3, -0.25) is 4.79 Å². The van der Waals surface area contributed by atoms with Crippen molar-refractivity contribution in [2.75, 3.05) is 27.4 Å². The first-order valence-corrected chi connectivity index (χ1v) is 7.81. The Morgan fingerprint density at radius 2 is 2.08 bits per heavy atom. The Bertz CT molecular complexity index is 720. The quantitative estimate of drug-likeness (QED) is 0.713. The summed E-state index contributed by atoms with van der Waals surface area (Å²) in [6.07, 6.45) is 1.55. The highest BCUT2D eigenvalue weighted by Gasteiger charge is 2.18. The smallest absolute Gasteiger partial charge is 0.257 e. The molecule has 25 heavy (non-hydrogen) atoms. The van der Waals surface area contributed by atoms with Gasteiger partial charge in [0.15, 0.2) is 0 Å². The SMILES string of the molecule is COCCOc1ncccc1C(=O)N[C@@H](C)c1cc(OC)ccc1O. The zero-order valence-electron chi connectivity index (χ0n) is 14.5. The number of hydrogen-bond donors (Lipinski definition) is 2. The molecule has 1 atom stereocenters. The zero-order chi connectivity index (χ0) is 18.2. The number of phenols is 1. The predicted molar refractivity (Wildman–Crippen MR) is 92.1 cm³/mol. The number of aromatic hydroxyl groups is 1. The molecular formula is C18H22N2O5. The molecule has 1 aromatic carbocycles. The number of amides is 1. The summed E-state index contributed by atoms with van der Waals surface area (Å²) < 4.78 is 15.6.